The van der Waals surface area contributed by atoms with Gasteiger partial charge in [-0.15, -0.1) is 0 Å². The molecule has 136 valence electrons. The van der Waals surface area contributed by atoms with Gasteiger partial charge in [-0.25, -0.2) is 4.79 Å². The fourth-order valence-electron chi connectivity index (χ4n) is 2.67. The van der Waals surface area contributed by atoms with Crippen LogP contribution in [0.1, 0.15) is 11.1 Å². The van der Waals surface area contributed by atoms with E-state index >= 15 is 0 Å². The van der Waals surface area contributed by atoms with Gasteiger partial charge in [0, 0.05) is 36.4 Å². The number of ether oxygens (including phenoxy) is 2. The van der Waals surface area contributed by atoms with Crippen LogP contribution in [0.2, 0.25) is 0 Å². The highest BCUT2D eigenvalue weighted by Crippen LogP contribution is 2.27. The summed E-state index contributed by atoms with van der Waals surface area (Å²) in [7, 11) is 1.63. The van der Waals surface area contributed by atoms with Crippen molar-refractivity contribution in [2.75, 3.05) is 25.6 Å². The molecule has 3 aromatic rings. The number of hydrogen-bond donors (Lipinski definition) is 2. The van der Waals surface area contributed by atoms with E-state index in [-0.39, 0.29) is 5.75 Å². The van der Waals surface area contributed by atoms with Crippen LogP contribution < -0.4 is 15.7 Å². The van der Waals surface area contributed by atoms with Crippen LogP contribution in [0.15, 0.2) is 51.7 Å². The highest BCUT2D eigenvalue weighted by atomic mass is 16.5. The molecule has 26 heavy (non-hydrogen) atoms. The molecule has 6 nitrogen and oxygen atoms in total. The van der Waals surface area contributed by atoms with Crippen LogP contribution in [0.4, 0.5) is 5.69 Å². The Balaban J connectivity index is 1.75. The number of fused-ring (bicyclic) bond motifs is 1. The molecule has 1 heterocycles. The van der Waals surface area contributed by atoms with E-state index in [2.05, 4.69) is 5.32 Å². The topological polar surface area (TPSA) is 80.9 Å². The maximum Gasteiger partial charge on any atom is 0.336 e. The predicted molar refractivity (Wildman–Crippen MR) is 100 cm³/mol. The van der Waals surface area contributed by atoms with Gasteiger partial charge in [0.2, 0.25) is 0 Å². The second-order valence-electron chi connectivity index (χ2n) is 5.90. The molecule has 0 aliphatic rings. The third-order valence-corrected chi connectivity index (χ3v) is 4.11. The minimum absolute atomic E-state index is 0.106. The standard InChI is InChI=1S/C20H21NO5/c1-13-18(22)8-7-17-14(11-19(23)26-20(13)17)12-21-15-3-5-16(6-4-15)25-10-9-24-2/h3-8,11,21-22H,9-10,12H2,1-2H3. The van der Waals surface area contributed by atoms with Crippen LogP contribution >= 0.6 is 0 Å². The van der Waals surface area contributed by atoms with E-state index in [9.17, 15) is 9.90 Å². The number of methoxy groups -OCH3 is 1. The summed E-state index contributed by atoms with van der Waals surface area (Å²) >= 11 is 0. The first kappa shape index (κ1) is 17.8. The second kappa shape index (κ2) is 7.93. The maximum atomic E-state index is 11.8. The normalized spacial score (nSPS) is 10.8. The number of rotatable bonds is 7. The molecular formula is C20H21NO5. The van der Waals surface area contributed by atoms with Gasteiger partial charge in [-0.1, -0.05) is 0 Å². The molecule has 0 amide bonds. The molecule has 2 aromatic carbocycles. The highest BCUT2D eigenvalue weighted by molar-refractivity contribution is 5.85. The van der Waals surface area contributed by atoms with Crippen molar-refractivity contribution in [3.8, 4) is 11.5 Å². The van der Waals surface area contributed by atoms with Crippen molar-refractivity contribution >= 4 is 16.7 Å². The van der Waals surface area contributed by atoms with Gasteiger partial charge in [0.05, 0.1) is 6.61 Å². The van der Waals surface area contributed by atoms with Gasteiger partial charge in [-0.2, -0.15) is 0 Å². The minimum Gasteiger partial charge on any atom is -0.508 e. The van der Waals surface area contributed by atoms with Crippen LogP contribution in [0, 0.1) is 6.92 Å². The average molecular weight is 355 g/mol. The summed E-state index contributed by atoms with van der Waals surface area (Å²) in [4.78, 5) is 11.8. The Kier molecular flexibility index (Phi) is 5.43. The van der Waals surface area contributed by atoms with E-state index in [0.29, 0.717) is 30.9 Å². The zero-order chi connectivity index (χ0) is 18.5. The van der Waals surface area contributed by atoms with E-state index in [1.165, 1.54) is 6.07 Å². The maximum absolute atomic E-state index is 11.8. The van der Waals surface area contributed by atoms with Crippen LogP contribution in [0.3, 0.4) is 0 Å². The minimum atomic E-state index is -0.440. The Bertz CT molecular complexity index is 947. The summed E-state index contributed by atoms with van der Waals surface area (Å²) in [5, 5.41) is 13.9. The van der Waals surface area contributed by atoms with Crippen molar-refractivity contribution in [1.82, 2.24) is 0 Å². The molecule has 0 atom stereocenters. The summed E-state index contributed by atoms with van der Waals surface area (Å²) < 4.78 is 15.7. The van der Waals surface area contributed by atoms with Crippen LogP contribution in [0.25, 0.3) is 11.0 Å². The van der Waals surface area contributed by atoms with Crippen molar-refractivity contribution in [1.29, 1.82) is 0 Å². The van der Waals surface area contributed by atoms with Gasteiger partial charge in [0.15, 0.2) is 0 Å². The summed E-state index contributed by atoms with van der Waals surface area (Å²) in [6, 6.07) is 12.4. The first-order valence-electron chi connectivity index (χ1n) is 8.29. The first-order chi connectivity index (χ1) is 12.6. The fourth-order valence-corrected chi connectivity index (χ4v) is 2.67. The van der Waals surface area contributed by atoms with Crippen molar-refractivity contribution in [2.45, 2.75) is 13.5 Å². The van der Waals surface area contributed by atoms with E-state index in [4.69, 9.17) is 13.9 Å². The molecular weight excluding hydrogens is 334 g/mol. The summed E-state index contributed by atoms with van der Waals surface area (Å²) in [6.07, 6.45) is 0. The Morgan fingerprint density at radius 2 is 1.88 bits per heavy atom. The fraction of sp³-hybridized carbons (Fsp3) is 0.250. The summed E-state index contributed by atoms with van der Waals surface area (Å²) in [5.41, 5.74) is 2.24. The van der Waals surface area contributed by atoms with Gasteiger partial charge in [0.1, 0.15) is 23.7 Å². The number of nitrogens with one attached hydrogen (secondary N) is 1. The molecule has 0 aliphatic carbocycles. The molecule has 0 saturated heterocycles. The highest BCUT2D eigenvalue weighted by Gasteiger charge is 2.10. The monoisotopic (exact) mass is 355 g/mol. The third-order valence-electron chi connectivity index (χ3n) is 4.11. The molecule has 0 saturated carbocycles. The molecule has 1 aromatic heterocycles. The molecule has 0 aliphatic heterocycles. The molecule has 0 fully saturated rings. The van der Waals surface area contributed by atoms with Crippen molar-refractivity contribution < 1.29 is 19.0 Å². The molecule has 0 unspecified atom stereocenters. The number of hydrogen-bond acceptors (Lipinski definition) is 6. The molecule has 0 bridgehead atoms. The third kappa shape index (κ3) is 3.97. The van der Waals surface area contributed by atoms with Crippen LogP contribution in [-0.2, 0) is 11.3 Å². The number of anilines is 1. The van der Waals surface area contributed by atoms with Gasteiger partial charge in [-0.05, 0) is 48.9 Å². The van der Waals surface area contributed by atoms with Gasteiger partial charge in [-0.3, -0.25) is 0 Å². The van der Waals surface area contributed by atoms with Crippen molar-refractivity contribution in [2.24, 2.45) is 0 Å². The lowest BCUT2D eigenvalue weighted by molar-refractivity contribution is 0.146. The number of aryl methyl sites for hydroxylation is 1. The van der Waals surface area contributed by atoms with Gasteiger partial charge < -0.3 is 24.3 Å². The molecule has 0 radical (unpaired) electrons. The number of phenols is 1. The second-order valence-corrected chi connectivity index (χ2v) is 5.90. The van der Waals surface area contributed by atoms with Crippen molar-refractivity contribution in [3.05, 3.63) is 64.0 Å². The van der Waals surface area contributed by atoms with E-state index in [0.717, 1.165) is 22.4 Å². The lowest BCUT2D eigenvalue weighted by atomic mass is 10.1. The number of phenolic OH excluding ortho intramolecular Hbond substituents is 1. The first-order valence-corrected chi connectivity index (χ1v) is 8.29. The van der Waals surface area contributed by atoms with Gasteiger partial charge >= 0.3 is 5.63 Å². The molecule has 0 spiro atoms. The smallest absolute Gasteiger partial charge is 0.336 e. The molecule has 3 rings (SSSR count). The quantitative estimate of drug-likeness (QED) is 0.499. The lowest BCUT2D eigenvalue weighted by Gasteiger charge is -2.11. The van der Waals surface area contributed by atoms with E-state index in [1.807, 2.05) is 24.3 Å². The average Bonchev–Trinajstić information content (AvgIpc) is 2.64. The number of benzene rings is 2. The van der Waals surface area contributed by atoms with Crippen LogP contribution in [-0.4, -0.2) is 25.4 Å². The predicted octanol–water partition coefficient (Wildman–Crippen LogP) is 3.44. The Hall–Kier alpha value is -2.99. The molecule has 6 heteroatoms. The van der Waals surface area contributed by atoms with Gasteiger partial charge in [0.25, 0.3) is 0 Å². The Morgan fingerprint density at radius 3 is 2.62 bits per heavy atom. The Morgan fingerprint density at radius 1 is 1.12 bits per heavy atom. The Labute approximate surface area is 151 Å². The van der Waals surface area contributed by atoms with Crippen LogP contribution in [0.5, 0.6) is 11.5 Å². The largest absolute Gasteiger partial charge is 0.508 e. The lowest BCUT2D eigenvalue weighted by Crippen LogP contribution is -2.06. The zero-order valence-electron chi connectivity index (χ0n) is 14.7. The van der Waals surface area contributed by atoms with Crippen molar-refractivity contribution in [3.63, 3.8) is 0 Å². The molecule has 2 N–H and O–H groups in total. The SMILES string of the molecule is COCCOc1ccc(NCc2cc(=O)oc3c(C)c(O)ccc23)cc1. The number of aromatic hydroxyl groups is 1. The summed E-state index contributed by atoms with van der Waals surface area (Å²) in [6.45, 7) is 3.22. The van der Waals surface area contributed by atoms with E-state index in [1.54, 1.807) is 26.2 Å². The van der Waals surface area contributed by atoms with E-state index < -0.39 is 5.63 Å². The zero-order valence-corrected chi connectivity index (χ0v) is 14.7. The summed E-state index contributed by atoms with van der Waals surface area (Å²) in [5.74, 6) is 0.874.